The minimum absolute atomic E-state index is 0.0219. The van der Waals surface area contributed by atoms with Crippen LogP contribution in [0.2, 0.25) is 5.02 Å². The minimum Gasteiger partial charge on any atom is -0.298 e. The summed E-state index contributed by atoms with van der Waals surface area (Å²) in [6.07, 6.45) is 1.70. The van der Waals surface area contributed by atoms with Crippen LogP contribution in [0.25, 0.3) is 0 Å². The standard InChI is InChI=1S/C17H14ClNO/c1-12-11-16(20)19(15-5-3-2-4-6-15)17(12)13-7-9-14(18)10-8-13/h2-11,17H,1H3. The van der Waals surface area contributed by atoms with Gasteiger partial charge in [0.05, 0.1) is 6.04 Å². The van der Waals surface area contributed by atoms with E-state index in [1.54, 1.807) is 6.08 Å². The lowest BCUT2D eigenvalue weighted by molar-refractivity contribution is -0.113. The molecule has 0 saturated heterocycles. The maximum Gasteiger partial charge on any atom is 0.251 e. The van der Waals surface area contributed by atoms with Crippen molar-refractivity contribution in [2.75, 3.05) is 4.90 Å². The van der Waals surface area contributed by atoms with E-state index >= 15 is 0 Å². The number of anilines is 1. The van der Waals surface area contributed by atoms with Crippen molar-refractivity contribution in [3.05, 3.63) is 76.8 Å². The van der Waals surface area contributed by atoms with Gasteiger partial charge in [0.2, 0.25) is 0 Å². The molecule has 1 aliphatic heterocycles. The highest BCUT2D eigenvalue weighted by Crippen LogP contribution is 2.37. The zero-order valence-electron chi connectivity index (χ0n) is 11.1. The summed E-state index contributed by atoms with van der Waals surface area (Å²) in [5.74, 6) is 0.0219. The first-order valence-electron chi connectivity index (χ1n) is 6.49. The van der Waals surface area contributed by atoms with Gasteiger partial charge in [0.1, 0.15) is 0 Å². The average molecular weight is 284 g/mol. The fraction of sp³-hybridized carbons (Fsp3) is 0.118. The van der Waals surface area contributed by atoms with Crippen molar-refractivity contribution in [1.29, 1.82) is 0 Å². The molecule has 0 saturated carbocycles. The molecule has 0 aliphatic carbocycles. The van der Waals surface area contributed by atoms with E-state index in [-0.39, 0.29) is 11.9 Å². The first kappa shape index (κ1) is 12.9. The maximum absolute atomic E-state index is 12.3. The molecule has 0 spiro atoms. The van der Waals surface area contributed by atoms with Crippen LogP contribution in [0, 0.1) is 0 Å². The summed E-state index contributed by atoms with van der Waals surface area (Å²) in [6, 6.07) is 17.3. The molecule has 100 valence electrons. The van der Waals surface area contributed by atoms with Crippen LogP contribution >= 0.6 is 11.6 Å². The Bertz CT molecular complexity index is 661. The molecular formula is C17H14ClNO. The van der Waals surface area contributed by atoms with Gasteiger partial charge in [-0.3, -0.25) is 9.69 Å². The van der Waals surface area contributed by atoms with Crippen LogP contribution in [0.4, 0.5) is 5.69 Å². The molecule has 20 heavy (non-hydrogen) atoms. The molecule has 0 bridgehead atoms. The molecule has 2 aromatic rings. The summed E-state index contributed by atoms with van der Waals surface area (Å²) in [7, 11) is 0. The fourth-order valence-corrected chi connectivity index (χ4v) is 2.72. The molecule has 0 fully saturated rings. The van der Waals surface area contributed by atoms with Gasteiger partial charge >= 0.3 is 0 Å². The summed E-state index contributed by atoms with van der Waals surface area (Å²) < 4.78 is 0. The third-order valence-corrected chi connectivity index (χ3v) is 3.75. The molecule has 1 aliphatic rings. The van der Waals surface area contributed by atoms with E-state index in [2.05, 4.69) is 0 Å². The molecule has 3 heteroatoms. The predicted molar refractivity (Wildman–Crippen MR) is 81.9 cm³/mol. The number of benzene rings is 2. The number of carbonyl (C=O) groups is 1. The maximum atomic E-state index is 12.3. The van der Waals surface area contributed by atoms with Crippen LogP contribution < -0.4 is 4.90 Å². The second kappa shape index (κ2) is 5.14. The third-order valence-electron chi connectivity index (χ3n) is 3.50. The fourth-order valence-electron chi connectivity index (χ4n) is 2.60. The number of para-hydroxylation sites is 1. The Morgan fingerprint density at radius 2 is 1.65 bits per heavy atom. The van der Waals surface area contributed by atoms with Crippen LogP contribution in [0.3, 0.4) is 0 Å². The average Bonchev–Trinajstić information content (AvgIpc) is 2.75. The van der Waals surface area contributed by atoms with Crippen molar-refractivity contribution >= 4 is 23.2 Å². The van der Waals surface area contributed by atoms with Gasteiger partial charge in [0, 0.05) is 16.8 Å². The molecule has 3 rings (SSSR count). The van der Waals surface area contributed by atoms with E-state index < -0.39 is 0 Å². The van der Waals surface area contributed by atoms with Gasteiger partial charge < -0.3 is 0 Å². The molecule has 0 aromatic heterocycles. The van der Waals surface area contributed by atoms with E-state index in [0.717, 1.165) is 16.8 Å². The summed E-state index contributed by atoms with van der Waals surface area (Å²) in [5, 5.41) is 0.700. The number of halogens is 1. The monoisotopic (exact) mass is 283 g/mol. The van der Waals surface area contributed by atoms with Crippen LogP contribution in [-0.2, 0) is 4.79 Å². The van der Waals surface area contributed by atoms with Gasteiger partial charge in [-0.05, 0) is 42.3 Å². The summed E-state index contributed by atoms with van der Waals surface area (Å²) in [4.78, 5) is 14.1. The third kappa shape index (κ3) is 2.23. The lowest BCUT2D eigenvalue weighted by Gasteiger charge is -2.27. The Kier molecular flexibility index (Phi) is 3.33. The van der Waals surface area contributed by atoms with Gasteiger partial charge in [0.25, 0.3) is 5.91 Å². The summed E-state index contributed by atoms with van der Waals surface area (Å²) in [6.45, 7) is 1.99. The Morgan fingerprint density at radius 1 is 1.00 bits per heavy atom. The van der Waals surface area contributed by atoms with Crippen molar-refractivity contribution < 1.29 is 4.79 Å². The second-order valence-electron chi connectivity index (χ2n) is 4.89. The Balaban J connectivity index is 2.04. The highest BCUT2D eigenvalue weighted by molar-refractivity contribution is 6.30. The van der Waals surface area contributed by atoms with E-state index in [1.165, 1.54) is 0 Å². The van der Waals surface area contributed by atoms with Crippen LogP contribution in [-0.4, -0.2) is 5.91 Å². The van der Waals surface area contributed by atoms with Crippen molar-refractivity contribution in [1.82, 2.24) is 0 Å². The highest BCUT2D eigenvalue weighted by Gasteiger charge is 2.32. The highest BCUT2D eigenvalue weighted by atomic mass is 35.5. The van der Waals surface area contributed by atoms with Crippen molar-refractivity contribution in [3.63, 3.8) is 0 Å². The van der Waals surface area contributed by atoms with Gasteiger partial charge in [-0.25, -0.2) is 0 Å². The largest absolute Gasteiger partial charge is 0.298 e. The van der Waals surface area contributed by atoms with Crippen molar-refractivity contribution in [2.45, 2.75) is 13.0 Å². The van der Waals surface area contributed by atoms with Crippen LogP contribution in [0.5, 0.6) is 0 Å². The second-order valence-corrected chi connectivity index (χ2v) is 5.32. The molecule has 2 aromatic carbocycles. The molecule has 0 radical (unpaired) electrons. The number of nitrogens with zero attached hydrogens (tertiary/aromatic N) is 1. The summed E-state index contributed by atoms with van der Waals surface area (Å²) in [5.41, 5.74) is 3.02. The lowest BCUT2D eigenvalue weighted by atomic mass is 10.0. The van der Waals surface area contributed by atoms with Crippen molar-refractivity contribution in [3.8, 4) is 0 Å². The van der Waals surface area contributed by atoms with Gasteiger partial charge in [-0.1, -0.05) is 41.9 Å². The quantitative estimate of drug-likeness (QED) is 0.801. The van der Waals surface area contributed by atoms with E-state index in [9.17, 15) is 4.79 Å². The minimum atomic E-state index is -0.0535. The number of amides is 1. The van der Waals surface area contributed by atoms with Crippen LogP contribution in [0.15, 0.2) is 66.2 Å². The van der Waals surface area contributed by atoms with Crippen molar-refractivity contribution in [2.24, 2.45) is 0 Å². The molecule has 1 atom stereocenters. The number of hydrogen-bond acceptors (Lipinski definition) is 1. The number of hydrogen-bond donors (Lipinski definition) is 0. The zero-order chi connectivity index (χ0) is 14.1. The Morgan fingerprint density at radius 3 is 2.30 bits per heavy atom. The molecule has 0 N–H and O–H groups in total. The van der Waals surface area contributed by atoms with E-state index in [0.29, 0.717) is 5.02 Å². The Hall–Kier alpha value is -2.06. The molecule has 1 unspecified atom stereocenters. The number of carbonyl (C=O) groups excluding carboxylic acids is 1. The molecular weight excluding hydrogens is 270 g/mol. The SMILES string of the molecule is CC1=CC(=O)N(c2ccccc2)C1c1ccc(Cl)cc1. The first-order valence-corrected chi connectivity index (χ1v) is 6.86. The predicted octanol–water partition coefficient (Wildman–Crippen LogP) is 4.37. The van der Waals surface area contributed by atoms with Gasteiger partial charge in [-0.15, -0.1) is 0 Å². The van der Waals surface area contributed by atoms with E-state index in [4.69, 9.17) is 11.6 Å². The number of rotatable bonds is 2. The van der Waals surface area contributed by atoms with Gasteiger partial charge in [-0.2, -0.15) is 0 Å². The summed E-state index contributed by atoms with van der Waals surface area (Å²) >= 11 is 5.94. The zero-order valence-corrected chi connectivity index (χ0v) is 11.8. The topological polar surface area (TPSA) is 20.3 Å². The molecule has 1 amide bonds. The van der Waals surface area contributed by atoms with Crippen LogP contribution in [0.1, 0.15) is 18.5 Å². The van der Waals surface area contributed by atoms with E-state index in [1.807, 2.05) is 66.4 Å². The molecule has 1 heterocycles. The van der Waals surface area contributed by atoms with Gasteiger partial charge in [0.15, 0.2) is 0 Å². The lowest BCUT2D eigenvalue weighted by Crippen LogP contribution is -2.28. The normalized spacial score (nSPS) is 18.3. The first-order chi connectivity index (χ1) is 9.66. The Labute approximate surface area is 123 Å². The smallest absolute Gasteiger partial charge is 0.251 e. The molecule has 2 nitrogen and oxygen atoms in total.